The second-order valence-corrected chi connectivity index (χ2v) is 4.08. The van der Waals surface area contributed by atoms with Crippen molar-refractivity contribution in [2.45, 2.75) is 26.9 Å². The van der Waals surface area contributed by atoms with Crippen LogP contribution in [0, 0.1) is 6.92 Å². The summed E-state index contributed by atoms with van der Waals surface area (Å²) in [5.41, 5.74) is 0.882. The summed E-state index contributed by atoms with van der Waals surface area (Å²) in [4.78, 5) is 11.4. The van der Waals surface area contributed by atoms with E-state index < -0.39 is 0 Å². The highest BCUT2D eigenvalue weighted by Gasteiger charge is 2.04. The van der Waals surface area contributed by atoms with Crippen molar-refractivity contribution in [2.75, 3.05) is 0 Å². The Morgan fingerprint density at radius 1 is 1.25 bits per heavy atom. The first-order chi connectivity index (χ1) is 7.56. The van der Waals surface area contributed by atoms with Crippen LogP contribution in [0.25, 0.3) is 11.0 Å². The summed E-state index contributed by atoms with van der Waals surface area (Å²) in [5.74, 6) is 0.717. The molecular formula is C13H14O3. The Kier molecular flexibility index (Phi) is 2.69. The molecule has 0 N–H and O–H groups in total. The van der Waals surface area contributed by atoms with Gasteiger partial charge in [0.1, 0.15) is 11.3 Å². The molecule has 1 heterocycles. The number of fused-ring (bicyclic) bond motifs is 1. The molecule has 0 saturated heterocycles. The fraction of sp³-hybridized carbons (Fsp3) is 0.308. The van der Waals surface area contributed by atoms with E-state index in [1.165, 1.54) is 0 Å². The molecule has 0 spiro atoms. The lowest BCUT2D eigenvalue weighted by atomic mass is 10.2. The van der Waals surface area contributed by atoms with E-state index in [9.17, 15) is 4.79 Å². The normalized spacial score (nSPS) is 11.0. The molecule has 3 nitrogen and oxygen atoms in total. The van der Waals surface area contributed by atoms with Gasteiger partial charge in [0.05, 0.1) is 6.10 Å². The van der Waals surface area contributed by atoms with Gasteiger partial charge in [-0.15, -0.1) is 0 Å². The van der Waals surface area contributed by atoms with Gasteiger partial charge in [0, 0.05) is 17.0 Å². The van der Waals surface area contributed by atoms with Crippen molar-refractivity contribution in [3.8, 4) is 5.75 Å². The fourth-order valence-corrected chi connectivity index (χ4v) is 1.54. The van der Waals surface area contributed by atoms with Crippen molar-refractivity contribution in [3.63, 3.8) is 0 Å². The largest absolute Gasteiger partial charge is 0.491 e. The minimum Gasteiger partial charge on any atom is -0.491 e. The minimum absolute atomic E-state index is 0.106. The molecule has 0 fully saturated rings. The van der Waals surface area contributed by atoms with E-state index in [2.05, 4.69) is 0 Å². The molecule has 0 aliphatic heterocycles. The van der Waals surface area contributed by atoms with E-state index in [4.69, 9.17) is 9.15 Å². The first-order valence-electron chi connectivity index (χ1n) is 5.27. The standard InChI is InChI=1S/C13H14O3/c1-8(2)15-11-5-4-10-6-9(3)13(14)16-12(10)7-11/h4-8H,1-3H3. The van der Waals surface area contributed by atoms with Crippen LogP contribution in [0.15, 0.2) is 33.5 Å². The van der Waals surface area contributed by atoms with Crippen molar-refractivity contribution in [1.82, 2.24) is 0 Å². The first kappa shape index (κ1) is 10.7. The third-order valence-corrected chi connectivity index (χ3v) is 2.25. The summed E-state index contributed by atoms with van der Waals surface area (Å²) < 4.78 is 10.7. The zero-order chi connectivity index (χ0) is 11.7. The highest BCUT2D eigenvalue weighted by atomic mass is 16.5. The number of ether oxygens (including phenoxy) is 1. The molecule has 1 aromatic heterocycles. The SMILES string of the molecule is Cc1cc2ccc(OC(C)C)cc2oc1=O. The molecule has 16 heavy (non-hydrogen) atoms. The molecule has 0 bridgehead atoms. The maximum absolute atomic E-state index is 11.4. The smallest absolute Gasteiger partial charge is 0.339 e. The van der Waals surface area contributed by atoms with Crippen molar-refractivity contribution in [2.24, 2.45) is 0 Å². The average molecular weight is 218 g/mol. The molecule has 0 radical (unpaired) electrons. The maximum atomic E-state index is 11.4. The number of hydrogen-bond donors (Lipinski definition) is 0. The lowest BCUT2D eigenvalue weighted by Gasteiger charge is -2.09. The van der Waals surface area contributed by atoms with Crippen LogP contribution in [0.1, 0.15) is 19.4 Å². The van der Waals surface area contributed by atoms with E-state index in [0.717, 1.165) is 11.1 Å². The van der Waals surface area contributed by atoms with E-state index in [0.29, 0.717) is 11.1 Å². The number of rotatable bonds is 2. The molecule has 0 aliphatic carbocycles. The predicted molar refractivity (Wildman–Crippen MR) is 63.0 cm³/mol. The monoisotopic (exact) mass is 218 g/mol. The van der Waals surface area contributed by atoms with Gasteiger partial charge in [0.15, 0.2) is 0 Å². The molecule has 0 unspecified atom stereocenters. The Morgan fingerprint density at radius 3 is 2.69 bits per heavy atom. The predicted octanol–water partition coefficient (Wildman–Crippen LogP) is 2.89. The van der Waals surface area contributed by atoms with Gasteiger partial charge in [0.25, 0.3) is 0 Å². The van der Waals surface area contributed by atoms with Gasteiger partial charge in [-0.2, -0.15) is 0 Å². The van der Waals surface area contributed by atoms with Crippen LogP contribution in [0.3, 0.4) is 0 Å². The lowest BCUT2D eigenvalue weighted by Crippen LogP contribution is -2.06. The Bertz CT molecular complexity index is 567. The average Bonchev–Trinajstić information content (AvgIpc) is 2.19. The zero-order valence-electron chi connectivity index (χ0n) is 9.61. The van der Waals surface area contributed by atoms with Gasteiger partial charge in [-0.3, -0.25) is 0 Å². The summed E-state index contributed by atoms with van der Waals surface area (Å²) in [6.45, 7) is 5.65. The summed E-state index contributed by atoms with van der Waals surface area (Å²) in [5, 5.41) is 0.910. The van der Waals surface area contributed by atoms with Crippen molar-refractivity contribution >= 4 is 11.0 Å². The van der Waals surface area contributed by atoms with Crippen LogP contribution in [-0.4, -0.2) is 6.10 Å². The van der Waals surface area contributed by atoms with Gasteiger partial charge in [-0.1, -0.05) is 0 Å². The molecule has 0 amide bonds. The van der Waals surface area contributed by atoms with E-state index >= 15 is 0 Å². The fourth-order valence-electron chi connectivity index (χ4n) is 1.54. The molecule has 84 valence electrons. The highest BCUT2D eigenvalue weighted by molar-refractivity contribution is 5.78. The molecule has 3 heteroatoms. The second kappa shape index (κ2) is 4.00. The van der Waals surface area contributed by atoms with E-state index in [1.54, 1.807) is 13.0 Å². The highest BCUT2D eigenvalue weighted by Crippen LogP contribution is 2.21. The Hall–Kier alpha value is -1.77. The summed E-state index contributed by atoms with van der Waals surface area (Å²) >= 11 is 0. The van der Waals surface area contributed by atoms with Crippen LogP contribution >= 0.6 is 0 Å². The van der Waals surface area contributed by atoms with Crippen LogP contribution in [0.2, 0.25) is 0 Å². The van der Waals surface area contributed by atoms with Gasteiger partial charge >= 0.3 is 5.63 Å². The third kappa shape index (κ3) is 2.08. The van der Waals surface area contributed by atoms with Crippen molar-refractivity contribution in [3.05, 3.63) is 40.2 Å². The molecule has 0 saturated carbocycles. The summed E-state index contributed by atoms with van der Waals surface area (Å²) in [7, 11) is 0. The van der Waals surface area contributed by atoms with Gasteiger partial charge in [-0.05, 0) is 39.0 Å². The topological polar surface area (TPSA) is 39.4 Å². The van der Waals surface area contributed by atoms with Gasteiger partial charge < -0.3 is 9.15 Å². The first-order valence-corrected chi connectivity index (χ1v) is 5.27. The molecule has 0 atom stereocenters. The third-order valence-electron chi connectivity index (χ3n) is 2.25. The van der Waals surface area contributed by atoms with Crippen LogP contribution in [0.4, 0.5) is 0 Å². The summed E-state index contributed by atoms with van der Waals surface area (Å²) in [6, 6.07) is 7.33. The van der Waals surface area contributed by atoms with Crippen LogP contribution in [-0.2, 0) is 0 Å². The van der Waals surface area contributed by atoms with Crippen LogP contribution < -0.4 is 10.4 Å². The van der Waals surface area contributed by atoms with Crippen molar-refractivity contribution < 1.29 is 9.15 Å². The second-order valence-electron chi connectivity index (χ2n) is 4.08. The molecule has 2 aromatic rings. The Balaban J connectivity index is 2.53. The van der Waals surface area contributed by atoms with Gasteiger partial charge in [-0.25, -0.2) is 4.79 Å². The molecule has 2 rings (SSSR count). The quantitative estimate of drug-likeness (QED) is 0.727. The van der Waals surface area contributed by atoms with E-state index in [-0.39, 0.29) is 11.7 Å². The molecular weight excluding hydrogens is 204 g/mol. The number of hydrogen-bond acceptors (Lipinski definition) is 3. The summed E-state index contributed by atoms with van der Waals surface area (Å²) in [6.07, 6.45) is 0.106. The maximum Gasteiger partial charge on any atom is 0.339 e. The minimum atomic E-state index is -0.297. The Labute approximate surface area is 93.7 Å². The van der Waals surface area contributed by atoms with Crippen molar-refractivity contribution in [1.29, 1.82) is 0 Å². The van der Waals surface area contributed by atoms with Crippen LogP contribution in [0.5, 0.6) is 5.75 Å². The molecule has 0 aliphatic rings. The molecule has 1 aromatic carbocycles. The lowest BCUT2D eigenvalue weighted by molar-refractivity contribution is 0.242. The number of aryl methyl sites for hydroxylation is 1. The zero-order valence-corrected chi connectivity index (χ0v) is 9.61. The van der Waals surface area contributed by atoms with E-state index in [1.807, 2.05) is 32.0 Å². The number of benzene rings is 1. The Morgan fingerprint density at radius 2 is 2.00 bits per heavy atom. The van der Waals surface area contributed by atoms with Gasteiger partial charge in [0.2, 0.25) is 0 Å².